The second kappa shape index (κ2) is 6.40. The average Bonchev–Trinajstić information content (AvgIpc) is 2.65. The predicted octanol–water partition coefficient (Wildman–Crippen LogP) is 5.81. The molecule has 0 aromatic heterocycles. The van der Waals surface area contributed by atoms with Crippen molar-refractivity contribution in [1.82, 2.24) is 0 Å². The van der Waals surface area contributed by atoms with Gasteiger partial charge in [0, 0.05) is 17.8 Å². The fraction of sp³-hybridized carbons (Fsp3) is 0.0870. The molecule has 0 amide bonds. The molecule has 4 aromatic carbocycles. The molecule has 0 aliphatic rings. The molecule has 4 rings (SSSR count). The van der Waals surface area contributed by atoms with Crippen LogP contribution in [0.15, 0.2) is 78.9 Å². The minimum absolute atomic E-state index is 0.0976. The highest BCUT2D eigenvalue weighted by Gasteiger charge is 2.02. The summed E-state index contributed by atoms with van der Waals surface area (Å²) in [5.41, 5.74) is 3.09. The van der Waals surface area contributed by atoms with Crippen molar-refractivity contribution in [3.63, 3.8) is 0 Å². The number of fused-ring (bicyclic) bond motifs is 2. The number of rotatable bonds is 4. The maximum absolute atomic E-state index is 11.5. The first-order valence-corrected chi connectivity index (χ1v) is 8.45. The molecule has 0 atom stereocenters. The molecule has 122 valence electrons. The molecule has 4 aromatic rings. The van der Waals surface area contributed by atoms with Crippen LogP contribution in [0.3, 0.4) is 0 Å². The van der Waals surface area contributed by atoms with Crippen LogP contribution in [0, 0.1) is 0 Å². The summed E-state index contributed by atoms with van der Waals surface area (Å²) in [5, 5.41) is 8.23. The third kappa shape index (κ3) is 3.24. The minimum Gasteiger partial charge on any atom is -0.381 e. The van der Waals surface area contributed by atoms with Gasteiger partial charge in [0.2, 0.25) is 0 Å². The Morgan fingerprint density at radius 3 is 2.28 bits per heavy atom. The van der Waals surface area contributed by atoms with Crippen molar-refractivity contribution in [1.29, 1.82) is 0 Å². The highest BCUT2D eigenvalue weighted by Crippen LogP contribution is 2.22. The molecule has 0 heterocycles. The number of anilines is 1. The van der Waals surface area contributed by atoms with Crippen LogP contribution >= 0.6 is 0 Å². The van der Waals surface area contributed by atoms with Crippen LogP contribution in [0.25, 0.3) is 21.5 Å². The summed E-state index contributed by atoms with van der Waals surface area (Å²) in [6.07, 6.45) is 0. The summed E-state index contributed by atoms with van der Waals surface area (Å²) < 4.78 is 0. The Morgan fingerprint density at radius 1 is 0.760 bits per heavy atom. The first-order chi connectivity index (χ1) is 12.2. The normalized spacial score (nSPS) is 10.9. The minimum atomic E-state index is 0.0976. The van der Waals surface area contributed by atoms with E-state index in [9.17, 15) is 4.79 Å². The highest BCUT2D eigenvalue weighted by atomic mass is 16.1. The van der Waals surface area contributed by atoms with Gasteiger partial charge in [0.25, 0.3) is 0 Å². The second-order valence-electron chi connectivity index (χ2n) is 6.37. The first kappa shape index (κ1) is 15.4. The van der Waals surface area contributed by atoms with E-state index in [2.05, 4.69) is 66.0 Å². The number of hydrogen-bond donors (Lipinski definition) is 1. The zero-order valence-corrected chi connectivity index (χ0v) is 14.1. The number of benzene rings is 4. The van der Waals surface area contributed by atoms with Crippen molar-refractivity contribution in [3.05, 3.63) is 90.0 Å². The molecule has 2 nitrogen and oxygen atoms in total. The maximum atomic E-state index is 11.5. The van der Waals surface area contributed by atoms with Gasteiger partial charge >= 0.3 is 0 Å². The summed E-state index contributed by atoms with van der Waals surface area (Å²) in [6.45, 7) is 2.38. The lowest BCUT2D eigenvalue weighted by Crippen LogP contribution is -1.99. The largest absolute Gasteiger partial charge is 0.381 e. The summed E-state index contributed by atoms with van der Waals surface area (Å²) in [4.78, 5) is 11.5. The molecule has 1 N–H and O–H groups in total. The van der Waals surface area contributed by atoms with Gasteiger partial charge in [-0.2, -0.15) is 0 Å². The van der Waals surface area contributed by atoms with E-state index < -0.39 is 0 Å². The number of Topliss-reactive ketones (excluding diaryl/α,β-unsaturated/α-hetero) is 1. The molecular weight excluding hydrogens is 306 g/mol. The molecule has 0 aliphatic carbocycles. The standard InChI is InChI=1S/C23H19NO/c1-16(25)19-8-9-22-14-23(11-10-21(22)13-19)24-15-17-6-7-18-4-2-3-5-20(18)12-17/h2-14,24H,15H2,1H3. The number of nitrogens with one attached hydrogen (secondary N) is 1. The van der Waals surface area contributed by atoms with E-state index in [1.807, 2.05) is 18.2 Å². The molecule has 2 heteroatoms. The maximum Gasteiger partial charge on any atom is 0.159 e. The van der Waals surface area contributed by atoms with Gasteiger partial charge in [-0.05, 0) is 58.3 Å². The zero-order valence-electron chi connectivity index (χ0n) is 14.1. The molecule has 25 heavy (non-hydrogen) atoms. The summed E-state index contributed by atoms with van der Waals surface area (Å²) in [7, 11) is 0. The van der Waals surface area contributed by atoms with E-state index in [0.717, 1.165) is 28.6 Å². The summed E-state index contributed by atoms with van der Waals surface area (Å²) >= 11 is 0. The quantitative estimate of drug-likeness (QED) is 0.480. The molecule has 0 fully saturated rings. The van der Waals surface area contributed by atoms with E-state index in [0.29, 0.717) is 0 Å². The third-order valence-corrected chi connectivity index (χ3v) is 4.56. The molecule has 0 saturated heterocycles. The molecule has 0 aliphatic heterocycles. The fourth-order valence-electron chi connectivity index (χ4n) is 3.13. The Kier molecular flexibility index (Phi) is 3.95. The number of ketones is 1. The lowest BCUT2D eigenvalue weighted by atomic mass is 10.0. The number of carbonyl (C=O) groups excluding carboxylic acids is 1. The lowest BCUT2D eigenvalue weighted by molar-refractivity contribution is 0.101. The smallest absolute Gasteiger partial charge is 0.159 e. The molecular formula is C23H19NO. The Labute approximate surface area is 147 Å². The second-order valence-corrected chi connectivity index (χ2v) is 6.37. The van der Waals surface area contributed by atoms with E-state index >= 15 is 0 Å². The van der Waals surface area contributed by atoms with Crippen LogP contribution < -0.4 is 5.32 Å². The van der Waals surface area contributed by atoms with Gasteiger partial charge < -0.3 is 5.32 Å². The Hall–Kier alpha value is -3.13. The van der Waals surface area contributed by atoms with E-state index in [4.69, 9.17) is 0 Å². The topological polar surface area (TPSA) is 29.1 Å². The lowest BCUT2D eigenvalue weighted by Gasteiger charge is -2.09. The third-order valence-electron chi connectivity index (χ3n) is 4.56. The van der Waals surface area contributed by atoms with Crippen LogP contribution in [0.2, 0.25) is 0 Å². The van der Waals surface area contributed by atoms with Crippen LogP contribution in [0.1, 0.15) is 22.8 Å². The van der Waals surface area contributed by atoms with Crippen LogP contribution in [0.5, 0.6) is 0 Å². The van der Waals surface area contributed by atoms with Gasteiger partial charge in [-0.15, -0.1) is 0 Å². The van der Waals surface area contributed by atoms with Crippen LogP contribution in [-0.2, 0) is 6.54 Å². The Morgan fingerprint density at radius 2 is 1.44 bits per heavy atom. The van der Waals surface area contributed by atoms with Crippen molar-refractivity contribution in [2.45, 2.75) is 13.5 Å². The zero-order chi connectivity index (χ0) is 17.2. The number of hydrogen-bond acceptors (Lipinski definition) is 2. The van der Waals surface area contributed by atoms with Gasteiger partial charge in [-0.1, -0.05) is 54.6 Å². The molecule has 0 saturated carbocycles. The van der Waals surface area contributed by atoms with Gasteiger partial charge in [-0.3, -0.25) is 4.79 Å². The van der Waals surface area contributed by atoms with Crippen molar-refractivity contribution in [2.75, 3.05) is 5.32 Å². The fourth-order valence-corrected chi connectivity index (χ4v) is 3.13. The molecule has 0 radical (unpaired) electrons. The average molecular weight is 325 g/mol. The van der Waals surface area contributed by atoms with Crippen LogP contribution in [-0.4, -0.2) is 5.78 Å². The van der Waals surface area contributed by atoms with Crippen LogP contribution in [0.4, 0.5) is 5.69 Å². The molecule has 0 unspecified atom stereocenters. The summed E-state index contributed by atoms with van der Waals surface area (Å²) in [6, 6.07) is 27.0. The van der Waals surface area contributed by atoms with Gasteiger partial charge in [0.15, 0.2) is 5.78 Å². The van der Waals surface area contributed by atoms with Gasteiger partial charge in [0.05, 0.1) is 0 Å². The van der Waals surface area contributed by atoms with Crippen molar-refractivity contribution < 1.29 is 4.79 Å². The van der Waals surface area contributed by atoms with E-state index in [1.54, 1.807) is 6.92 Å². The van der Waals surface area contributed by atoms with Gasteiger partial charge in [0.1, 0.15) is 0 Å². The van der Waals surface area contributed by atoms with Gasteiger partial charge in [-0.25, -0.2) is 0 Å². The Bertz CT molecular complexity index is 1080. The number of carbonyl (C=O) groups is 1. The monoisotopic (exact) mass is 325 g/mol. The van der Waals surface area contributed by atoms with Crippen molar-refractivity contribution in [2.24, 2.45) is 0 Å². The predicted molar refractivity (Wildman–Crippen MR) is 105 cm³/mol. The van der Waals surface area contributed by atoms with E-state index in [-0.39, 0.29) is 5.78 Å². The molecule has 0 spiro atoms. The Balaban J connectivity index is 1.55. The van der Waals surface area contributed by atoms with E-state index in [1.165, 1.54) is 16.3 Å². The van der Waals surface area contributed by atoms with Crippen molar-refractivity contribution >= 4 is 33.0 Å². The molecule has 0 bridgehead atoms. The summed E-state index contributed by atoms with van der Waals surface area (Å²) in [5.74, 6) is 0.0976. The SMILES string of the molecule is CC(=O)c1ccc2cc(NCc3ccc4ccccc4c3)ccc2c1. The van der Waals surface area contributed by atoms with Crippen molar-refractivity contribution in [3.8, 4) is 0 Å². The first-order valence-electron chi connectivity index (χ1n) is 8.45. The highest BCUT2D eigenvalue weighted by molar-refractivity contribution is 5.99.